The van der Waals surface area contributed by atoms with Crippen molar-refractivity contribution in [2.45, 2.75) is 20.8 Å². The zero-order valence-electron chi connectivity index (χ0n) is 17.5. The molecule has 4 aromatic heterocycles. The van der Waals surface area contributed by atoms with Crippen molar-refractivity contribution in [3.63, 3.8) is 0 Å². The monoisotopic (exact) mass is 406 g/mol. The average molecular weight is 406 g/mol. The molecule has 0 saturated heterocycles. The number of benzene rings is 2. The molecule has 0 aliphatic rings. The van der Waals surface area contributed by atoms with Crippen LogP contribution in [0.15, 0.2) is 71.4 Å². The minimum atomic E-state index is 0.651. The number of rotatable bonds is 2. The molecule has 2 aromatic carbocycles. The standard InChI is InChI=1S/C25H20N5O/c1-15-9-11-19-20-12-10-16(2)28-25(20)31-22(19)21(15)30-17(3)29(18-7-5-4-6-8-18)23-24(30)27-14-13-26-23/h4-14H,1-3H3/q+1. The summed E-state index contributed by atoms with van der Waals surface area (Å²) in [6.45, 7) is 6.15. The van der Waals surface area contributed by atoms with Gasteiger partial charge in [-0.15, -0.1) is 4.98 Å². The summed E-state index contributed by atoms with van der Waals surface area (Å²) in [5.41, 5.74) is 7.06. The van der Waals surface area contributed by atoms with Crippen LogP contribution in [-0.4, -0.2) is 19.5 Å². The normalized spacial score (nSPS) is 11.7. The summed E-state index contributed by atoms with van der Waals surface area (Å²) in [7, 11) is 0. The lowest BCUT2D eigenvalue weighted by Crippen LogP contribution is -2.35. The van der Waals surface area contributed by atoms with E-state index in [0.29, 0.717) is 5.71 Å². The molecular formula is C25H20N5O+. The maximum atomic E-state index is 6.33. The lowest BCUT2D eigenvalue weighted by Gasteiger charge is -2.06. The quantitative estimate of drug-likeness (QED) is 0.383. The second-order valence-electron chi connectivity index (χ2n) is 7.77. The van der Waals surface area contributed by atoms with Crippen LogP contribution in [0.4, 0.5) is 0 Å². The Morgan fingerprint density at radius 3 is 2.45 bits per heavy atom. The van der Waals surface area contributed by atoms with E-state index in [1.54, 1.807) is 12.4 Å². The van der Waals surface area contributed by atoms with E-state index in [-0.39, 0.29) is 0 Å². The molecule has 0 unspecified atom stereocenters. The zero-order valence-corrected chi connectivity index (χ0v) is 17.5. The molecule has 4 heterocycles. The maximum Gasteiger partial charge on any atom is 0.327 e. The molecule has 31 heavy (non-hydrogen) atoms. The van der Waals surface area contributed by atoms with E-state index in [1.807, 2.05) is 31.2 Å². The molecule has 0 radical (unpaired) electrons. The van der Waals surface area contributed by atoms with Crippen molar-refractivity contribution >= 4 is 33.4 Å². The zero-order chi connectivity index (χ0) is 21.1. The van der Waals surface area contributed by atoms with Crippen LogP contribution in [0.25, 0.3) is 44.7 Å². The smallest absolute Gasteiger partial charge is 0.327 e. The molecule has 0 N–H and O–H groups in total. The summed E-state index contributed by atoms with van der Waals surface area (Å²) in [6.07, 6.45) is 3.46. The molecule has 0 aliphatic heterocycles. The highest BCUT2D eigenvalue weighted by molar-refractivity contribution is 6.06. The van der Waals surface area contributed by atoms with E-state index in [1.165, 1.54) is 0 Å². The lowest BCUT2D eigenvalue weighted by molar-refractivity contribution is -0.576. The first-order valence-electron chi connectivity index (χ1n) is 10.2. The predicted octanol–water partition coefficient (Wildman–Crippen LogP) is 4.92. The van der Waals surface area contributed by atoms with Crippen LogP contribution in [0.2, 0.25) is 0 Å². The summed E-state index contributed by atoms with van der Waals surface area (Å²) in [5, 5.41) is 2.05. The van der Waals surface area contributed by atoms with Crippen molar-refractivity contribution in [1.82, 2.24) is 19.5 Å². The Morgan fingerprint density at radius 1 is 0.839 bits per heavy atom. The third-order valence-electron chi connectivity index (χ3n) is 5.79. The molecule has 6 rings (SSSR count). The minimum absolute atomic E-state index is 0.651. The SMILES string of the molecule is Cc1ccc2c(n1)oc1c(-[n+]3c(C)n(-c4ccccc4)c4nccnc43)c(C)ccc12. The number of aromatic nitrogens is 5. The van der Waals surface area contributed by atoms with Gasteiger partial charge in [0.1, 0.15) is 11.9 Å². The summed E-state index contributed by atoms with van der Waals surface area (Å²) in [4.78, 5) is 14.0. The molecule has 6 heteroatoms. The molecule has 0 saturated carbocycles. The second-order valence-corrected chi connectivity index (χ2v) is 7.77. The Labute approximate surface area is 178 Å². The largest absolute Gasteiger partial charge is 0.434 e. The first-order chi connectivity index (χ1) is 15.1. The predicted molar refractivity (Wildman–Crippen MR) is 120 cm³/mol. The first kappa shape index (κ1) is 17.8. The molecule has 150 valence electrons. The summed E-state index contributed by atoms with van der Waals surface area (Å²) < 4.78 is 10.6. The molecular weight excluding hydrogens is 386 g/mol. The number of nitrogens with zero attached hydrogens (tertiary/aromatic N) is 5. The van der Waals surface area contributed by atoms with Crippen molar-refractivity contribution in [2.75, 3.05) is 0 Å². The number of pyridine rings is 1. The van der Waals surface area contributed by atoms with Crippen LogP contribution in [0.1, 0.15) is 17.1 Å². The Morgan fingerprint density at radius 2 is 1.61 bits per heavy atom. The van der Waals surface area contributed by atoms with E-state index in [0.717, 1.165) is 56.1 Å². The third kappa shape index (κ3) is 2.51. The highest BCUT2D eigenvalue weighted by atomic mass is 16.3. The fourth-order valence-corrected chi connectivity index (χ4v) is 4.37. The number of imidazole rings is 1. The van der Waals surface area contributed by atoms with Gasteiger partial charge in [-0.1, -0.05) is 24.3 Å². The highest BCUT2D eigenvalue weighted by Crippen LogP contribution is 2.33. The fourth-order valence-electron chi connectivity index (χ4n) is 4.37. The molecule has 0 amide bonds. The number of aryl methyl sites for hydroxylation is 2. The summed E-state index contributed by atoms with van der Waals surface area (Å²) in [6, 6.07) is 18.5. The van der Waals surface area contributed by atoms with Gasteiger partial charge in [0, 0.05) is 23.4 Å². The van der Waals surface area contributed by atoms with Gasteiger partial charge >= 0.3 is 5.65 Å². The van der Waals surface area contributed by atoms with Gasteiger partial charge in [0.2, 0.25) is 11.5 Å². The van der Waals surface area contributed by atoms with Crippen molar-refractivity contribution in [2.24, 2.45) is 0 Å². The minimum Gasteiger partial charge on any atom is -0.434 e. The van der Waals surface area contributed by atoms with Gasteiger partial charge in [0.25, 0.3) is 5.65 Å². The molecule has 6 nitrogen and oxygen atoms in total. The van der Waals surface area contributed by atoms with E-state index < -0.39 is 0 Å². The molecule has 0 fully saturated rings. The topological polar surface area (TPSA) is 60.6 Å². The van der Waals surface area contributed by atoms with E-state index in [2.05, 4.69) is 63.3 Å². The van der Waals surface area contributed by atoms with Crippen LogP contribution >= 0.6 is 0 Å². The van der Waals surface area contributed by atoms with Crippen LogP contribution < -0.4 is 4.57 Å². The van der Waals surface area contributed by atoms with E-state index in [4.69, 9.17) is 9.40 Å². The molecule has 0 aliphatic carbocycles. The van der Waals surface area contributed by atoms with E-state index >= 15 is 0 Å². The van der Waals surface area contributed by atoms with Gasteiger partial charge in [0.15, 0.2) is 11.3 Å². The van der Waals surface area contributed by atoms with Gasteiger partial charge in [-0.3, -0.25) is 0 Å². The fraction of sp³-hybridized carbons (Fsp3) is 0.120. The Hall–Kier alpha value is -4.06. The van der Waals surface area contributed by atoms with Gasteiger partial charge in [-0.05, 0) is 49.7 Å². The Kier molecular flexibility index (Phi) is 3.71. The van der Waals surface area contributed by atoms with Crippen LogP contribution in [-0.2, 0) is 0 Å². The lowest BCUT2D eigenvalue weighted by atomic mass is 10.1. The summed E-state index contributed by atoms with van der Waals surface area (Å²) >= 11 is 0. The van der Waals surface area contributed by atoms with Crippen LogP contribution in [0, 0.1) is 20.8 Å². The van der Waals surface area contributed by atoms with Crippen LogP contribution in [0.5, 0.6) is 0 Å². The van der Waals surface area contributed by atoms with Crippen molar-refractivity contribution in [3.8, 4) is 11.4 Å². The van der Waals surface area contributed by atoms with Crippen molar-refractivity contribution in [1.29, 1.82) is 0 Å². The Bertz CT molecular complexity index is 1610. The van der Waals surface area contributed by atoms with Gasteiger partial charge in [-0.2, -0.15) is 4.57 Å². The summed E-state index contributed by atoms with van der Waals surface area (Å²) in [5.74, 6) is 0.993. The Balaban J connectivity index is 1.77. The maximum absolute atomic E-state index is 6.33. The number of hydrogen-bond donors (Lipinski definition) is 0. The number of hydrogen-bond acceptors (Lipinski definition) is 4. The van der Waals surface area contributed by atoms with Crippen molar-refractivity contribution in [3.05, 3.63) is 84.1 Å². The molecule has 6 aromatic rings. The van der Waals surface area contributed by atoms with Gasteiger partial charge in [0.05, 0.1) is 6.20 Å². The molecule has 0 bridgehead atoms. The van der Waals surface area contributed by atoms with Gasteiger partial charge < -0.3 is 4.42 Å². The number of fused-ring (bicyclic) bond motifs is 4. The first-order valence-corrected chi connectivity index (χ1v) is 10.2. The van der Waals surface area contributed by atoms with Crippen LogP contribution in [0.3, 0.4) is 0 Å². The number of para-hydroxylation sites is 1. The third-order valence-corrected chi connectivity index (χ3v) is 5.79. The molecule has 0 atom stereocenters. The highest BCUT2D eigenvalue weighted by Gasteiger charge is 2.29. The number of furan rings is 1. The average Bonchev–Trinajstić information content (AvgIpc) is 3.28. The second kappa shape index (κ2) is 6.47. The van der Waals surface area contributed by atoms with E-state index in [9.17, 15) is 0 Å². The van der Waals surface area contributed by atoms with Crippen molar-refractivity contribution < 1.29 is 8.98 Å². The van der Waals surface area contributed by atoms with Gasteiger partial charge in [-0.25, -0.2) is 14.5 Å². The molecule has 0 spiro atoms.